The second-order valence-electron chi connectivity index (χ2n) is 5.23. The Morgan fingerprint density at radius 2 is 1.71 bits per heavy atom. The predicted octanol–water partition coefficient (Wildman–Crippen LogP) is 2.23. The number of likely N-dealkylation sites (tertiary alicyclic amines) is 1. The molecule has 1 rings (SSSR count). The first-order valence-electron chi connectivity index (χ1n) is 6.03. The number of hydrogen-bond acceptors (Lipinski definition) is 2. The lowest BCUT2D eigenvalue weighted by Crippen LogP contribution is -2.50. The Morgan fingerprint density at radius 3 is 2.14 bits per heavy atom. The van der Waals surface area contributed by atoms with E-state index in [1.807, 2.05) is 0 Å². The van der Waals surface area contributed by atoms with E-state index in [1.165, 1.54) is 19.3 Å². The van der Waals surface area contributed by atoms with Gasteiger partial charge in [0.1, 0.15) is 0 Å². The van der Waals surface area contributed by atoms with Crippen molar-refractivity contribution in [2.45, 2.75) is 65.1 Å². The first kappa shape index (κ1) is 12.0. The Balaban J connectivity index is 2.47. The molecule has 3 unspecified atom stereocenters. The summed E-state index contributed by atoms with van der Waals surface area (Å²) in [5, 5.41) is 0. The van der Waals surface area contributed by atoms with Gasteiger partial charge in [0.05, 0.1) is 0 Å². The van der Waals surface area contributed by atoms with E-state index < -0.39 is 0 Å². The van der Waals surface area contributed by atoms with Gasteiger partial charge in [0.25, 0.3) is 0 Å². The van der Waals surface area contributed by atoms with Crippen molar-refractivity contribution in [1.82, 2.24) is 4.90 Å². The molecule has 2 N–H and O–H groups in total. The SMILES string of the molecule is CC(C)C(N)CN1C(C)CCCC1C. The zero-order chi connectivity index (χ0) is 10.7. The maximum Gasteiger partial charge on any atom is 0.0191 e. The van der Waals surface area contributed by atoms with Crippen LogP contribution in [-0.2, 0) is 0 Å². The second-order valence-corrected chi connectivity index (χ2v) is 5.23. The summed E-state index contributed by atoms with van der Waals surface area (Å²) in [5.41, 5.74) is 6.13. The molecule has 0 radical (unpaired) electrons. The highest BCUT2D eigenvalue weighted by molar-refractivity contribution is 4.83. The van der Waals surface area contributed by atoms with Gasteiger partial charge in [0.2, 0.25) is 0 Å². The number of nitrogens with two attached hydrogens (primary N) is 1. The lowest BCUT2D eigenvalue weighted by atomic mass is 9.95. The maximum absolute atomic E-state index is 6.13. The van der Waals surface area contributed by atoms with Gasteiger partial charge in [-0.1, -0.05) is 20.3 Å². The smallest absolute Gasteiger partial charge is 0.0191 e. The fraction of sp³-hybridized carbons (Fsp3) is 1.00. The average molecular weight is 198 g/mol. The highest BCUT2D eigenvalue weighted by Gasteiger charge is 2.26. The Bertz CT molecular complexity index is 158. The third-order valence-electron chi connectivity index (χ3n) is 3.65. The number of nitrogens with zero attached hydrogens (tertiary/aromatic N) is 1. The summed E-state index contributed by atoms with van der Waals surface area (Å²) in [5.74, 6) is 0.594. The summed E-state index contributed by atoms with van der Waals surface area (Å²) in [4.78, 5) is 2.59. The Labute approximate surface area is 88.8 Å². The van der Waals surface area contributed by atoms with Crippen LogP contribution >= 0.6 is 0 Å². The number of piperidine rings is 1. The van der Waals surface area contributed by atoms with Gasteiger partial charge in [-0.15, -0.1) is 0 Å². The van der Waals surface area contributed by atoms with Crippen molar-refractivity contribution in [1.29, 1.82) is 0 Å². The fourth-order valence-electron chi connectivity index (χ4n) is 2.29. The molecule has 0 spiro atoms. The van der Waals surface area contributed by atoms with E-state index in [2.05, 4.69) is 32.6 Å². The molecule has 3 atom stereocenters. The van der Waals surface area contributed by atoms with E-state index in [4.69, 9.17) is 5.73 Å². The molecule has 2 nitrogen and oxygen atoms in total. The zero-order valence-electron chi connectivity index (χ0n) is 10.2. The zero-order valence-corrected chi connectivity index (χ0v) is 10.2. The van der Waals surface area contributed by atoms with Crippen molar-refractivity contribution >= 4 is 0 Å². The molecule has 0 saturated carbocycles. The standard InChI is InChI=1S/C12H26N2/c1-9(2)12(13)8-14-10(3)6-5-7-11(14)4/h9-12H,5-8,13H2,1-4H3. The van der Waals surface area contributed by atoms with Gasteiger partial charge < -0.3 is 5.73 Å². The molecule has 1 heterocycles. The van der Waals surface area contributed by atoms with Gasteiger partial charge in [-0.3, -0.25) is 4.90 Å². The number of rotatable bonds is 3. The van der Waals surface area contributed by atoms with Gasteiger partial charge in [-0.2, -0.15) is 0 Å². The molecular formula is C12H26N2. The van der Waals surface area contributed by atoms with Crippen LogP contribution in [0.3, 0.4) is 0 Å². The van der Waals surface area contributed by atoms with Crippen LogP contribution in [0.25, 0.3) is 0 Å². The molecule has 0 aliphatic carbocycles. The summed E-state index contributed by atoms with van der Waals surface area (Å²) < 4.78 is 0. The number of hydrogen-bond donors (Lipinski definition) is 1. The van der Waals surface area contributed by atoms with Gasteiger partial charge >= 0.3 is 0 Å². The lowest BCUT2D eigenvalue weighted by Gasteiger charge is -2.41. The summed E-state index contributed by atoms with van der Waals surface area (Å²) in [7, 11) is 0. The summed E-state index contributed by atoms with van der Waals surface area (Å²) >= 11 is 0. The van der Waals surface area contributed by atoms with Crippen LogP contribution in [0.4, 0.5) is 0 Å². The summed E-state index contributed by atoms with van der Waals surface area (Å²) in [6, 6.07) is 1.78. The molecule has 0 amide bonds. The molecule has 0 aromatic carbocycles. The van der Waals surface area contributed by atoms with Crippen LogP contribution in [0.2, 0.25) is 0 Å². The van der Waals surface area contributed by atoms with E-state index in [1.54, 1.807) is 0 Å². The Kier molecular flexibility index (Phi) is 4.39. The van der Waals surface area contributed by atoms with E-state index in [0.717, 1.165) is 18.6 Å². The molecule has 1 saturated heterocycles. The van der Waals surface area contributed by atoms with Gasteiger partial charge in [0, 0.05) is 24.7 Å². The van der Waals surface area contributed by atoms with E-state index in [-0.39, 0.29) is 0 Å². The van der Waals surface area contributed by atoms with Gasteiger partial charge in [-0.25, -0.2) is 0 Å². The summed E-state index contributed by atoms with van der Waals surface area (Å²) in [6.07, 6.45) is 4.07. The molecule has 14 heavy (non-hydrogen) atoms. The molecule has 0 aromatic heterocycles. The molecule has 84 valence electrons. The topological polar surface area (TPSA) is 29.3 Å². The average Bonchev–Trinajstić information content (AvgIpc) is 2.11. The van der Waals surface area contributed by atoms with Gasteiger partial charge in [0.15, 0.2) is 0 Å². The Morgan fingerprint density at radius 1 is 1.21 bits per heavy atom. The maximum atomic E-state index is 6.13. The van der Waals surface area contributed by atoms with Crippen LogP contribution in [0.15, 0.2) is 0 Å². The van der Waals surface area contributed by atoms with Crippen molar-refractivity contribution in [2.24, 2.45) is 11.7 Å². The van der Waals surface area contributed by atoms with E-state index in [0.29, 0.717) is 12.0 Å². The lowest BCUT2D eigenvalue weighted by molar-refractivity contribution is 0.0901. The first-order valence-corrected chi connectivity index (χ1v) is 6.03. The van der Waals surface area contributed by atoms with Crippen LogP contribution < -0.4 is 5.73 Å². The quantitative estimate of drug-likeness (QED) is 0.753. The molecule has 1 aliphatic heterocycles. The minimum Gasteiger partial charge on any atom is -0.326 e. The predicted molar refractivity (Wildman–Crippen MR) is 62.3 cm³/mol. The van der Waals surface area contributed by atoms with Crippen LogP contribution in [0.1, 0.15) is 47.0 Å². The third kappa shape index (κ3) is 2.96. The van der Waals surface area contributed by atoms with E-state index in [9.17, 15) is 0 Å². The van der Waals surface area contributed by atoms with Crippen LogP contribution in [0, 0.1) is 5.92 Å². The van der Waals surface area contributed by atoms with E-state index >= 15 is 0 Å². The van der Waals surface area contributed by atoms with Crippen molar-refractivity contribution in [3.63, 3.8) is 0 Å². The van der Waals surface area contributed by atoms with Crippen molar-refractivity contribution < 1.29 is 0 Å². The summed E-state index contributed by atoms with van der Waals surface area (Å²) in [6.45, 7) is 10.2. The molecule has 0 bridgehead atoms. The minimum absolute atomic E-state index is 0.331. The van der Waals surface area contributed by atoms with Gasteiger partial charge in [-0.05, 0) is 32.6 Å². The van der Waals surface area contributed by atoms with Crippen molar-refractivity contribution in [3.8, 4) is 0 Å². The van der Waals surface area contributed by atoms with Crippen molar-refractivity contribution in [2.75, 3.05) is 6.54 Å². The molecular weight excluding hydrogens is 172 g/mol. The normalized spacial score (nSPS) is 32.1. The highest BCUT2D eigenvalue weighted by Crippen LogP contribution is 2.22. The molecule has 1 aliphatic rings. The van der Waals surface area contributed by atoms with Crippen molar-refractivity contribution in [3.05, 3.63) is 0 Å². The second kappa shape index (κ2) is 5.13. The molecule has 1 fully saturated rings. The molecule has 0 aromatic rings. The third-order valence-corrected chi connectivity index (χ3v) is 3.65. The monoisotopic (exact) mass is 198 g/mol. The van der Waals surface area contributed by atoms with Crippen LogP contribution in [-0.4, -0.2) is 29.6 Å². The largest absolute Gasteiger partial charge is 0.326 e. The minimum atomic E-state index is 0.331. The fourth-order valence-corrected chi connectivity index (χ4v) is 2.29. The highest BCUT2D eigenvalue weighted by atomic mass is 15.2. The Hall–Kier alpha value is -0.0800. The molecule has 2 heteroatoms. The van der Waals surface area contributed by atoms with Crippen LogP contribution in [0.5, 0.6) is 0 Å². The first-order chi connectivity index (χ1) is 6.52.